The maximum atomic E-state index is 12.5. The Morgan fingerprint density at radius 2 is 1.84 bits per heavy atom. The molecule has 25 heavy (non-hydrogen) atoms. The van der Waals surface area contributed by atoms with Crippen LogP contribution in [-0.4, -0.2) is 24.9 Å². The van der Waals surface area contributed by atoms with Crippen molar-refractivity contribution < 1.29 is 9.59 Å². The Hall–Kier alpha value is -2.62. The lowest BCUT2D eigenvalue weighted by Gasteiger charge is -2.19. The summed E-state index contributed by atoms with van der Waals surface area (Å²) in [5.41, 5.74) is 3.15. The molecule has 1 N–H and O–H groups in total. The van der Waals surface area contributed by atoms with Gasteiger partial charge in [0, 0.05) is 25.2 Å². The second-order valence-corrected chi connectivity index (χ2v) is 6.75. The number of carbonyl (C=O) groups is 2. The minimum absolute atomic E-state index is 0.0190. The van der Waals surface area contributed by atoms with Crippen LogP contribution in [0.3, 0.4) is 0 Å². The Labute approximate surface area is 148 Å². The van der Waals surface area contributed by atoms with E-state index in [0.717, 1.165) is 11.3 Å². The maximum absolute atomic E-state index is 12.5. The predicted octanol–water partition coefficient (Wildman–Crippen LogP) is 3.27. The number of para-hydroxylation sites is 1. The van der Waals surface area contributed by atoms with Crippen molar-refractivity contribution in [2.24, 2.45) is 5.92 Å². The highest BCUT2D eigenvalue weighted by Crippen LogP contribution is 2.27. The van der Waals surface area contributed by atoms with Gasteiger partial charge in [-0.3, -0.25) is 9.59 Å². The second kappa shape index (κ2) is 7.51. The molecule has 0 saturated carbocycles. The highest BCUT2D eigenvalue weighted by Gasteiger charge is 2.35. The normalized spacial score (nSPS) is 18.2. The Morgan fingerprint density at radius 3 is 2.56 bits per heavy atom. The van der Waals surface area contributed by atoms with Gasteiger partial charge in [-0.2, -0.15) is 0 Å². The van der Waals surface area contributed by atoms with E-state index in [1.165, 1.54) is 5.56 Å². The summed E-state index contributed by atoms with van der Waals surface area (Å²) in [6, 6.07) is 17.9. The van der Waals surface area contributed by atoms with Crippen LogP contribution in [0.2, 0.25) is 0 Å². The highest BCUT2D eigenvalue weighted by molar-refractivity contribution is 6.00. The Balaban J connectivity index is 1.59. The number of hydrogen-bond donors (Lipinski definition) is 1. The molecule has 0 aromatic heterocycles. The van der Waals surface area contributed by atoms with Crippen molar-refractivity contribution >= 4 is 17.5 Å². The molecule has 0 radical (unpaired) electrons. The molecule has 2 amide bonds. The van der Waals surface area contributed by atoms with Gasteiger partial charge in [-0.05, 0) is 30.0 Å². The first kappa shape index (κ1) is 17.2. The molecule has 1 aliphatic rings. The molecule has 1 aliphatic heterocycles. The second-order valence-electron chi connectivity index (χ2n) is 6.75. The zero-order valence-electron chi connectivity index (χ0n) is 14.7. The molecule has 1 saturated heterocycles. The fourth-order valence-electron chi connectivity index (χ4n) is 3.28. The quantitative estimate of drug-likeness (QED) is 0.911. The largest absolute Gasteiger partial charge is 0.355 e. The van der Waals surface area contributed by atoms with Crippen molar-refractivity contribution in [3.8, 4) is 0 Å². The average molecular weight is 336 g/mol. The number of aryl methyl sites for hydroxylation is 1. The molecule has 4 nitrogen and oxygen atoms in total. The lowest BCUT2D eigenvalue weighted by Crippen LogP contribution is -2.35. The number of anilines is 1. The molecule has 1 fully saturated rings. The van der Waals surface area contributed by atoms with E-state index in [4.69, 9.17) is 0 Å². The first-order chi connectivity index (χ1) is 12.1. The van der Waals surface area contributed by atoms with Gasteiger partial charge in [0.15, 0.2) is 0 Å². The van der Waals surface area contributed by atoms with Crippen molar-refractivity contribution in [3.05, 3.63) is 65.7 Å². The highest BCUT2D eigenvalue weighted by atomic mass is 16.2. The number of nitrogens with one attached hydrogen (secondary N) is 1. The first-order valence-electron chi connectivity index (χ1n) is 8.75. The van der Waals surface area contributed by atoms with E-state index in [-0.39, 0.29) is 30.1 Å². The summed E-state index contributed by atoms with van der Waals surface area (Å²) >= 11 is 0. The Morgan fingerprint density at radius 1 is 1.16 bits per heavy atom. The van der Waals surface area contributed by atoms with Gasteiger partial charge in [-0.1, -0.05) is 55.5 Å². The van der Waals surface area contributed by atoms with Crippen molar-refractivity contribution in [2.75, 3.05) is 18.0 Å². The summed E-state index contributed by atoms with van der Waals surface area (Å²) in [6.45, 7) is 5.11. The van der Waals surface area contributed by atoms with Crippen molar-refractivity contribution in [2.45, 2.75) is 26.2 Å². The molecular formula is C21H24N2O2. The standard InChI is InChI=1S/C21H24N2O2/c1-15-8-6-7-11-19(15)23-14-18(12-20(23)24)21(25)22-13-16(2)17-9-4-3-5-10-17/h3-11,16,18H,12-14H2,1-2H3,(H,22,25)/t16-,18-/m0/s1. The smallest absolute Gasteiger partial charge is 0.227 e. The Bertz CT molecular complexity index is 758. The molecule has 130 valence electrons. The lowest BCUT2D eigenvalue weighted by atomic mass is 10.0. The fourth-order valence-corrected chi connectivity index (χ4v) is 3.28. The lowest BCUT2D eigenvalue weighted by molar-refractivity contribution is -0.126. The number of rotatable bonds is 5. The van der Waals surface area contributed by atoms with Crippen LogP contribution in [0.1, 0.15) is 30.4 Å². The van der Waals surface area contributed by atoms with E-state index < -0.39 is 0 Å². The van der Waals surface area contributed by atoms with Crippen LogP contribution < -0.4 is 10.2 Å². The molecule has 0 spiro atoms. The van der Waals surface area contributed by atoms with Crippen molar-refractivity contribution in [1.82, 2.24) is 5.32 Å². The average Bonchev–Trinajstić information content (AvgIpc) is 3.02. The van der Waals surface area contributed by atoms with Crippen LogP contribution in [-0.2, 0) is 9.59 Å². The van der Waals surface area contributed by atoms with Gasteiger partial charge >= 0.3 is 0 Å². The van der Waals surface area contributed by atoms with E-state index in [1.807, 2.05) is 49.4 Å². The number of nitrogens with zero attached hydrogens (tertiary/aromatic N) is 1. The first-order valence-corrected chi connectivity index (χ1v) is 8.75. The van der Waals surface area contributed by atoms with Crippen LogP contribution in [0.5, 0.6) is 0 Å². The molecule has 2 aromatic carbocycles. The van der Waals surface area contributed by atoms with Crippen LogP contribution in [0.15, 0.2) is 54.6 Å². The SMILES string of the molecule is Cc1ccccc1N1C[C@@H](C(=O)NC[C@H](C)c2ccccc2)CC1=O. The van der Waals surface area contributed by atoms with E-state index in [0.29, 0.717) is 13.1 Å². The third-order valence-electron chi connectivity index (χ3n) is 4.85. The van der Waals surface area contributed by atoms with Crippen molar-refractivity contribution in [3.63, 3.8) is 0 Å². The van der Waals surface area contributed by atoms with Gasteiger partial charge < -0.3 is 10.2 Å². The zero-order valence-corrected chi connectivity index (χ0v) is 14.7. The monoisotopic (exact) mass is 336 g/mol. The zero-order chi connectivity index (χ0) is 17.8. The van der Waals surface area contributed by atoms with Gasteiger partial charge in [0.1, 0.15) is 0 Å². The summed E-state index contributed by atoms with van der Waals surface area (Å²) < 4.78 is 0. The molecule has 0 aliphatic carbocycles. The molecule has 0 bridgehead atoms. The third-order valence-corrected chi connectivity index (χ3v) is 4.85. The molecule has 1 heterocycles. The molecule has 2 atom stereocenters. The third kappa shape index (κ3) is 3.90. The molecular weight excluding hydrogens is 312 g/mol. The summed E-state index contributed by atoms with van der Waals surface area (Å²) in [6.07, 6.45) is 0.278. The van der Waals surface area contributed by atoms with Gasteiger partial charge in [-0.25, -0.2) is 0 Å². The van der Waals surface area contributed by atoms with E-state index in [1.54, 1.807) is 4.90 Å². The maximum Gasteiger partial charge on any atom is 0.227 e. The summed E-state index contributed by atoms with van der Waals surface area (Å²) in [7, 11) is 0. The number of carbonyl (C=O) groups excluding carboxylic acids is 2. The Kier molecular flexibility index (Phi) is 5.17. The van der Waals surface area contributed by atoms with E-state index in [9.17, 15) is 9.59 Å². The van der Waals surface area contributed by atoms with Crippen LogP contribution in [0, 0.1) is 12.8 Å². The molecule has 0 unspecified atom stereocenters. The molecule has 3 rings (SSSR count). The van der Waals surface area contributed by atoms with Gasteiger partial charge in [-0.15, -0.1) is 0 Å². The van der Waals surface area contributed by atoms with Crippen LogP contribution >= 0.6 is 0 Å². The topological polar surface area (TPSA) is 49.4 Å². The van der Waals surface area contributed by atoms with E-state index >= 15 is 0 Å². The molecule has 2 aromatic rings. The number of amides is 2. The minimum atomic E-state index is -0.282. The predicted molar refractivity (Wildman–Crippen MR) is 99.5 cm³/mol. The number of benzene rings is 2. The van der Waals surface area contributed by atoms with Crippen molar-refractivity contribution in [1.29, 1.82) is 0 Å². The van der Waals surface area contributed by atoms with Gasteiger partial charge in [0.05, 0.1) is 5.92 Å². The number of hydrogen-bond acceptors (Lipinski definition) is 2. The fraction of sp³-hybridized carbons (Fsp3) is 0.333. The summed E-state index contributed by atoms with van der Waals surface area (Å²) in [5.74, 6) is -0.0532. The summed E-state index contributed by atoms with van der Waals surface area (Å²) in [4.78, 5) is 26.6. The van der Waals surface area contributed by atoms with Gasteiger partial charge in [0.25, 0.3) is 0 Å². The van der Waals surface area contributed by atoms with E-state index in [2.05, 4.69) is 24.4 Å². The van der Waals surface area contributed by atoms with Gasteiger partial charge in [0.2, 0.25) is 11.8 Å². The van der Waals surface area contributed by atoms with Crippen LogP contribution in [0.25, 0.3) is 0 Å². The summed E-state index contributed by atoms with van der Waals surface area (Å²) in [5, 5.41) is 3.01. The minimum Gasteiger partial charge on any atom is -0.355 e. The molecule has 4 heteroatoms. The van der Waals surface area contributed by atoms with Crippen LogP contribution in [0.4, 0.5) is 5.69 Å².